The highest BCUT2D eigenvalue weighted by molar-refractivity contribution is 5.94. The SMILES string of the molecule is C=C(C)C(=O)CCC(C)=CCCC(C)=CC(=O)O. The summed E-state index contributed by atoms with van der Waals surface area (Å²) in [4.78, 5) is 21.8. The molecule has 0 aromatic rings. The van der Waals surface area contributed by atoms with E-state index in [2.05, 4.69) is 12.7 Å². The van der Waals surface area contributed by atoms with Crippen LogP contribution >= 0.6 is 0 Å². The van der Waals surface area contributed by atoms with Crippen LogP contribution in [0.5, 0.6) is 0 Å². The minimum atomic E-state index is -0.903. The topological polar surface area (TPSA) is 54.4 Å². The molecule has 0 unspecified atom stereocenters. The van der Waals surface area contributed by atoms with E-state index in [0.29, 0.717) is 12.0 Å². The maximum absolute atomic E-state index is 11.3. The van der Waals surface area contributed by atoms with Crippen LogP contribution in [0.25, 0.3) is 0 Å². The van der Waals surface area contributed by atoms with Crippen molar-refractivity contribution >= 4 is 11.8 Å². The van der Waals surface area contributed by atoms with Crippen LogP contribution in [0.3, 0.4) is 0 Å². The van der Waals surface area contributed by atoms with E-state index in [1.54, 1.807) is 6.92 Å². The van der Waals surface area contributed by atoms with Gasteiger partial charge in [-0.15, -0.1) is 0 Å². The van der Waals surface area contributed by atoms with Gasteiger partial charge < -0.3 is 5.11 Å². The number of allylic oxidation sites excluding steroid dienone is 4. The third-order valence-corrected chi connectivity index (χ3v) is 2.62. The molecule has 0 radical (unpaired) electrons. The first-order valence-corrected chi connectivity index (χ1v) is 6.07. The molecule has 18 heavy (non-hydrogen) atoms. The number of aliphatic carboxylic acids is 1. The minimum absolute atomic E-state index is 0.102. The van der Waals surface area contributed by atoms with Gasteiger partial charge in [0.15, 0.2) is 5.78 Å². The maximum atomic E-state index is 11.3. The lowest BCUT2D eigenvalue weighted by molar-refractivity contribution is -0.131. The fourth-order valence-electron chi connectivity index (χ4n) is 1.46. The fourth-order valence-corrected chi connectivity index (χ4v) is 1.46. The van der Waals surface area contributed by atoms with Gasteiger partial charge >= 0.3 is 5.97 Å². The van der Waals surface area contributed by atoms with Crippen LogP contribution in [0.15, 0.2) is 35.5 Å². The molecule has 0 heterocycles. The average Bonchev–Trinajstić information content (AvgIpc) is 2.24. The van der Waals surface area contributed by atoms with Crippen LogP contribution in [0.1, 0.15) is 46.5 Å². The first-order chi connectivity index (χ1) is 8.32. The van der Waals surface area contributed by atoms with Crippen molar-refractivity contribution in [3.8, 4) is 0 Å². The van der Waals surface area contributed by atoms with Crippen LogP contribution in [0.4, 0.5) is 0 Å². The molecule has 0 aliphatic rings. The van der Waals surface area contributed by atoms with Crippen molar-refractivity contribution in [1.29, 1.82) is 0 Å². The van der Waals surface area contributed by atoms with Gasteiger partial charge in [-0.3, -0.25) is 4.79 Å². The van der Waals surface area contributed by atoms with E-state index in [1.165, 1.54) is 6.08 Å². The summed E-state index contributed by atoms with van der Waals surface area (Å²) in [5.41, 5.74) is 2.61. The highest BCUT2D eigenvalue weighted by atomic mass is 16.4. The van der Waals surface area contributed by atoms with Crippen LogP contribution in [-0.2, 0) is 9.59 Å². The fraction of sp³-hybridized carbons (Fsp3) is 0.467. The lowest BCUT2D eigenvalue weighted by Crippen LogP contribution is -1.98. The molecule has 0 rings (SSSR count). The number of carboxylic acids is 1. The summed E-state index contributed by atoms with van der Waals surface area (Å²) in [5, 5.41) is 8.55. The van der Waals surface area contributed by atoms with E-state index >= 15 is 0 Å². The molecule has 0 fully saturated rings. The molecule has 0 aromatic carbocycles. The number of hydrogen-bond acceptors (Lipinski definition) is 2. The molecule has 0 amide bonds. The standard InChI is InChI=1S/C15H22O3/c1-11(2)14(16)9-8-12(3)6-5-7-13(4)10-15(17)18/h6,10H,1,5,7-9H2,2-4H3,(H,17,18). The van der Waals surface area contributed by atoms with Crippen molar-refractivity contribution in [1.82, 2.24) is 0 Å². The molecule has 3 heteroatoms. The smallest absolute Gasteiger partial charge is 0.328 e. The van der Waals surface area contributed by atoms with Crippen molar-refractivity contribution < 1.29 is 14.7 Å². The summed E-state index contributed by atoms with van der Waals surface area (Å²) in [5.74, 6) is -0.801. The molecule has 3 nitrogen and oxygen atoms in total. The van der Waals surface area contributed by atoms with E-state index in [4.69, 9.17) is 5.11 Å². The Hall–Kier alpha value is -1.64. The summed E-state index contributed by atoms with van der Waals surface area (Å²) in [7, 11) is 0. The third kappa shape index (κ3) is 8.50. The molecule has 0 spiro atoms. The van der Waals surface area contributed by atoms with Crippen LogP contribution in [-0.4, -0.2) is 16.9 Å². The predicted molar refractivity (Wildman–Crippen MR) is 73.4 cm³/mol. The maximum Gasteiger partial charge on any atom is 0.328 e. The van der Waals surface area contributed by atoms with E-state index in [9.17, 15) is 9.59 Å². The van der Waals surface area contributed by atoms with Gasteiger partial charge in [0.2, 0.25) is 0 Å². The van der Waals surface area contributed by atoms with Gasteiger partial charge in [-0.05, 0) is 45.6 Å². The number of carbonyl (C=O) groups excluding carboxylic acids is 1. The predicted octanol–water partition coefficient (Wildman–Crippen LogP) is 3.67. The Labute approximate surface area is 109 Å². The molecular weight excluding hydrogens is 228 g/mol. The zero-order valence-electron chi connectivity index (χ0n) is 11.5. The average molecular weight is 250 g/mol. The molecule has 0 saturated carbocycles. The number of Topliss-reactive ketones (excluding diaryl/α,β-unsaturated/α-hetero) is 1. The summed E-state index contributed by atoms with van der Waals surface area (Å²) in [6, 6.07) is 0. The number of carboxylic acid groups (broad SMARTS) is 1. The summed E-state index contributed by atoms with van der Waals surface area (Å²) < 4.78 is 0. The molecule has 1 N–H and O–H groups in total. The third-order valence-electron chi connectivity index (χ3n) is 2.62. The van der Waals surface area contributed by atoms with Crippen LogP contribution < -0.4 is 0 Å². The first-order valence-electron chi connectivity index (χ1n) is 6.07. The second-order valence-electron chi connectivity index (χ2n) is 4.62. The highest BCUT2D eigenvalue weighted by Crippen LogP contribution is 2.11. The van der Waals surface area contributed by atoms with Gasteiger partial charge in [-0.1, -0.05) is 23.8 Å². The zero-order chi connectivity index (χ0) is 14.1. The highest BCUT2D eigenvalue weighted by Gasteiger charge is 2.02. The van der Waals surface area contributed by atoms with Crippen molar-refractivity contribution in [3.63, 3.8) is 0 Å². The molecule has 0 bridgehead atoms. The number of rotatable bonds is 8. The van der Waals surface area contributed by atoms with E-state index in [1.807, 2.05) is 13.8 Å². The summed E-state index contributed by atoms with van der Waals surface area (Å²) >= 11 is 0. The van der Waals surface area contributed by atoms with E-state index < -0.39 is 5.97 Å². The Morgan fingerprint density at radius 2 is 1.67 bits per heavy atom. The zero-order valence-corrected chi connectivity index (χ0v) is 11.5. The van der Waals surface area contributed by atoms with Crippen molar-refractivity contribution in [3.05, 3.63) is 35.5 Å². The lowest BCUT2D eigenvalue weighted by atomic mass is 10.0. The van der Waals surface area contributed by atoms with Gasteiger partial charge in [-0.2, -0.15) is 0 Å². The quantitative estimate of drug-likeness (QED) is 0.528. The van der Waals surface area contributed by atoms with Crippen LogP contribution in [0, 0.1) is 0 Å². The first kappa shape index (κ1) is 16.4. The molecule has 0 saturated heterocycles. The largest absolute Gasteiger partial charge is 0.478 e. The Morgan fingerprint density at radius 1 is 1.06 bits per heavy atom. The number of hydrogen-bond donors (Lipinski definition) is 1. The Bertz CT molecular complexity index is 387. The van der Waals surface area contributed by atoms with Gasteiger partial charge in [0.1, 0.15) is 0 Å². The molecular formula is C15H22O3. The van der Waals surface area contributed by atoms with Crippen LogP contribution in [0.2, 0.25) is 0 Å². The Kier molecular flexibility index (Phi) is 7.68. The second kappa shape index (κ2) is 8.45. The Balaban J connectivity index is 4.02. The Morgan fingerprint density at radius 3 is 2.17 bits per heavy atom. The summed E-state index contributed by atoms with van der Waals surface area (Å²) in [6.45, 7) is 9.13. The van der Waals surface area contributed by atoms with Crippen molar-refractivity contribution in [2.75, 3.05) is 0 Å². The molecule has 0 aliphatic carbocycles. The lowest BCUT2D eigenvalue weighted by Gasteiger charge is -2.02. The van der Waals surface area contributed by atoms with Crippen molar-refractivity contribution in [2.45, 2.75) is 46.5 Å². The van der Waals surface area contributed by atoms with E-state index in [0.717, 1.165) is 30.4 Å². The van der Waals surface area contributed by atoms with Gasteiger partial charge in [0.25, 0.3) is 0 Å². The minimum Gasteiger partial charge on any atom is -0.478 e. The van der Waals surface area contributed by atoms with Gasteiger partial charge in [-0.25, -0.2) is 4.79 Å². The normalized spacial score (nSPS) is 12.4. The number of ketones is 1. The van der Waals surface area contributed by atoms with Gasteiger partial charge in [0, 0.05) is 12.5 Å². The molecule has 0 atom stereocenters. The summed E-state index contributed by atoms with van der Waals surface area (Å²) in [6.07, 6.45) is 6.08. The monoisotopic (exact) mass is 250 g/mol. The second-order valence-corrected chi connectivity index (χ2v) is 4.62. The van der Waals surface area contributed by atoms with Gasteiger partial charge in [0.05, 0.1) is 0 Å². The number of carbonyl (C=O) groups is 2. The molecule has 0 aromatic heterocycles. The molecule has 100 valence electrons. The molecule has 0 aliphatic heterocycles. The van der Waals surface area contributed by atoms with E-state index in [-0.39, 0.29) is 5.78 Å². The van der Waals surface area contributed by atoms with Crippen molar-refractivity contribution in [2.24, 2.45) is 0 Å².